The highest BCUT2D eigenvalue weighted by molar-refractivity contribution is 5.78. The zero-order valence-corrected chi connectivity index (χ0v) is 13.0. The third-order valence-corrected chi connectivity index (χ3v) is 4.01. The molecule has 1 fully saturated rings. The van der Waals surface area contributed by atoms with E-state index in [1.165, 1.54) is 0 Å². The Morgan fingerprint density at radius 3 is 2.45 bits per heavy atom. The minimum absolute atomic E-state index is 0.107. The second kappa shape index (κ2) is 6.37. The minimum Gasteiger partial charge on any atom is -0.342 e. The number of amides is 1. The zero-order valence-electron chi connectivity index (χ0n) is 13.0. The predicted octanol–water partition coefficient (Wildman–Crippen LogP) is 2.30. The number of hydrogen-bond acceptors (Lipinski definition) is 3. The molecule has 0 N–H and O–H groups in total. The fourth-order valence-corrected chi connectivity index (χ4v) is 2.63. The van der Waals surface area contributed by atoms with Gasteiger partial charge >= 0.3 is 0 Å². The molecule has 0 aliphatic carbocycles. The molecule has 0 radical (unpaired) electrons. The first-order valence-corrected chi connectivity index (χ1v) is 7.66. The van der Waals surface area contributed by atoms with Gasteiger partial charge < -0.3 is 4.90 Å². The lowest BCUT2D eigenvalue weighted by Gasteiger charge is -2.33. The highest BCUT2D eigenvalue weighted by atomic mass is 16.2. The molecule has 2 rings (SSSR count). The van der Waals surface area contributed by atoms with E-state index in [1.807, 2.05) is 23.4 Å². The maximum absolute atomic E-state index is 11.9. The molecule has 0 atom stereocenters. The van der Waals surface area contributed by atoms with Gasteiger partial charge in [0.1, 0.15) is 0 Å². The number of hydrogen-bond donors (Lipinski definition) is 0. The second-order valence-corrected chi connectivity index (χ2v) is 6.44. The van der Waals surface area contributed by atoms with Crippen molar-refractivity contribution < 1.29 is 4.79 Å². The van der Waals surface area contributed by atoms with Crippen LogP contribution in [0.5, 0.6) is 0 Å². The van der Waals surface area contributed by atoms with Crippen LogP contribution in [0.15, 0.2) is 6.20 Å². The second-order valence-electron chi connectivity index (χ2n) is 6.44. The van der Waals surface area contributed by atoms with Crippen molar-refractivity contribution in [3.05, 3.63) is 11.9 Å². The van der Waals surface area contributed by atoms with Gasteiger partial charge in [0.15, 0.2) is 0 Å². The SMILES string of the molecule is CC(C)C(=O)N1CCC(Cn2cc(C(C)C)nn2)CC1. The van der Waals surface area contributed by atoms with Crippen molar-refractivity contribution in [2.24, 2.45) is 11.8 Å². The quantitative estimate of drug-likeness (QED) is 0.849. The van der Waals surface area contributed by atoms with Gasteiger partial charge in [0.25, 0.3) is 0 Å². The van der Waals surface area contributed by atoms with E-state index in [4.69, 9.17) is 0 Å². The summed E-state index contributed by atoms with van der Waals surface area (Å²) in [6, 6.07) is 0. The summed E-state index contributed by atoms with van der Waals surface area (Å²) in [5, 5.41) is 8.40. The van der Waals surface area contributed by atoms with E-state index in [0.717, 1.165) is 38.2 Å². The van der Waals surface area contributed by atoms with Gasteiger partial charge in [-0.15, -0.1) is 5.10 Å². The Morgan fingerprint density at radius 1 is 1.30 bits per heavy atom. The minimum atomic E-state index is 0.107. The molecule has 112 valence electrons. The third kappa shape index (κ3) is 3.58. The van der Waals surface area contributed by atoms with Crippen LogP contribution in [0, 0.1) is 11.8 Å². The van der Waals surface area contributed by atoms with E-state index in [0.29, 0.717) is 11.8 Å². The van der Waals surface area contributed by atoms with Crippen molar-refractivity contribution in [1.82, 2.24) is 19.9 Å². The molecular weight excluding hydrogens is 252 g/mol. The topological polar surface area (TPSA) is 51.0 Å². The van der Waals surface area contributed by atoms with Gasteiger partial charge in [-0.1, -0.05) is 32.9 Å². The molecule has 0 spiro atoms. The molecule has 0 bridgehead atoms. The van der Waals surface area contributed by atoms with Gasteiger partial charge in [-0.25, -0.2) is 0 Å². The summed E-state index contributed by atoms with van der Waals surface area (Å²) in [6.45, 7) is 10.9. The first kappa shape index (κ1) is 15.0. The molecule has 1 saturated heterocycles. The van der Waals surface area contributed by atoms with E-state index >= 15 is 0 Å². The van der Waals surface area contributed by atoms with Crippen molar-refractivity contribution >= 4 is 5.91 Å². The third-order valence-electron chi connectivity index (χ3n) is 4.01. The summed E-state index contributed by atoms with van der Waals surface area (Å²) in [4.78, 5) is 13.9. The molecule has 1 aromatic heterocycles. The number of piperidine rings is 1. The molecule has 2 heterocycles. The fraction of sp³-hybridized carbons (Fsp3) is 0.800. The van der Waals surface area contributed by atoms with E-state index in [-0.39, 0.29) is 11.8 Å². The molecule has 0 saturated carbocycles. The summed E-state index contributed by atoms with van der Waals surface area (Å²) < 4.78 is 1.96. The van der Waals surface area contributed by atoms with E-state index in [9.17, 15) is 4.79 Å². The number of rotatable bonds is 4. The van der Waals surface area contributed by atoms with Gasteiger partial charge in [-0.05, 0) is 24.7 Å². The molecule has 1 aliphatic rings. The fourth-order valence-electron chi connectivity index (χ4n) is 2.63. The van der Waals surface area contributed by atoms with Gasteiger partial charge in [-0.3, -0.25) is 9.48 Å². The summed E-state index contributed by atoms with van der Waals surface area (Å²) in [6.07, 6.45) is 4.18. The largest absolute Gasteiger partial charge is 0.342 e. The van der Waals surface area contributed by atoms with Crippen LogP contribution in [0.3, 0.4) is 0 Å². The van der Waals surface area contributed by atoms with Crippen LogP contribution in [0.2, 0.25) is 0 Å². The molecule has 5 heteroatoms. The molecule has 1 aromatic rings. The van der Waals surface area contributed by atoms with Crippen molar-refractivity contribution in [2.45, 2.75) is 53.0 Å². The summed E-state index contributed by atoms with van der Waals surface area (Å²) in [5.74, 6) is 1.42. The smallest absolute Gasteiger partial charge is 0.225 e. The average Bonchev–Trinajstić information content (AvgIpc) is 2.87. The van der Waals surface area contributed by atoms with Crippen molar-refractivity contribution in [3.63, 3.8) is 0 Å². The van der Waals surface area contributed by atoms with Crippen LogP contribution in [-0.2, 0) is 11.3 Å². The monoisotopic (exact) mass is 278 g/mol. The van der Waals surface area contributed by atoms with Crippen LogP contribution < -0.4 is 0 Å². The molecule has 1 amide bonds. The summed E-state index contributed by atoms with van der Waals surface area (Å²) in [7, 11) is 0. The zero-order chi connectivity index (χ0) is 14.7. The van der Waals surface area contributed by atoms with E-state index in [1.54, 1.807) is 0 Å². The summed E-state index contributed by atoms with van der Waals surface area (Å²) in [5.41, 5.74) is 1.05. The van der Waals surface area contributed by atoms with Crippen molar-refractivity contribution in [1.29, 1.82) is 0 Å². The van der Waals surface area contributed by atoms with Crippen molar-refractivity contribution in [2.75, 3.05) is 13.1 Å². The van der Waals surface area contributed by atoms with Crippen LogP contribution in [0.4, 0.5) is 0 Å². The number of carbonyl (C=O) groups is 1. The highest BCUT2D eigenvalue weighted by Gasteiger charge is 2.24. The lowest BCUT2D eigenvalue weighted by molar-refractivity contribution is -0.135. The number of likely N-dealkylation sites (tertiary alicyclic amines) is 1. The Labute approximate surface area is 121 Å². The Balaban J connectivity index is 1.83. The first-order valence-electron chi connectivity index (χ1n) is 7.66. The van der Waals surface area contributed by atoms with Gasteiger partial charge in [0.2, 0.25) is 5.91 Å². The standard InChI is InChI=1S/C15H26N4O/c1-11(2)14-10-19(17-16-14)9-13-5-7-18(8-6-13)15(20)12(3)4/h10-13H,5-9H2,1-4H3. The molecule has 0 unspecified atom stereocenters. The van der Waals surface area contributed by atoms with E-state index in [2.05, 4.69) is 30.4 Å². The van der Waals surface area contributed by atoms with Gasteiger partial charge in [0, 0.05) is 31.7 Å². The highest BCUT2D eigenvalue weighted by Crippen LogP contribution is 2.20. The average molecular weight is 278 g/mol. The molecule has 20 heavy (non-hydrogen) atoms. The summed E-state index contributed by atoms with van der Waals surface area (Å²) >= 11 is 0. The molecular formula is C15H26N4O. The number of nitrogens with zero attached hydrogens (tertiary/aromatic N) is 4. The van der Waals surface area contributed by atoms with Gasteiger partial charge in [0.05, 0.1) is 5.69 Å². The van der Waals surface area contributed by atoms with Crippen LogP contribution >= 0.6 is 0 Å². The molecule has 0 aromatic carbocycles. The maximum Gasteiger partial charge on any atom is 0.225 e. The Morgan fingerprint density at radius 2 is 1.95 bits per heavy atom. The Bertz CT molecular complexity index is 444. The van der Waals surface area contributed by atoms with Gasteiger partial charge in [-0.2, -0.15) is 0 Å². The molecule has 1 aliphatic heterocycles. The Kier molecular flexibility index (Phi) is 4.78. The lowest BCUT2D eigenvalue weighted by Crippen LogP contribution is -2.41. The maximum atomic E-state index is 11.9. The van der Waals surface area contributed by atoms with Crippen molar-refractivity contribution in [3.8, 4) is 0 Å². The van der Waals surface area contributed by atoms with Crippen LogP contribution in [0.25, 0.3) is 0 Å². The van der Waals surface area contributed by atoms with E-state index < -0.39 is 0 Å². The lowest BCUT2D eigenvalue weighted by atomic mass is 9.96. The van der Waals surface area contributed by atoms with Crippen LogP contribution in [-0.4, -0.2) is 38.9 Å². The van der Waals surface area contributed by atoms with Crippen LogP contribution in [0.1, 0.15) is 52.1 Å². The predicted molar refractivity (Wildman–Crippen MR) is 78.3 cm³/mol. The number of carbonyl (C=O) groups excluding carboxylic acids is 1. The molecule has 5 nitrogen and oxygen atoms in total. The first-order chi connectivity index (χ1) is 9.47. The number of aromatic nitrogens is 3. The normalized spacial score (nSPS) is 17.2. The Hall–Kier alpha value is -1.39.